The quantitative estimate of drug-likeness (QED) is 0.843. The lowest BCUT2D eigenvalue weighted by Gasteiger charge is -2.15. The van der Waals surface area contributed by atoms with Crippen molar-refractivity contribution in [1.82, 2.24) is 4.90 Å². The van der Waals surface area contributed by atoms with Gasteiger partial charge in [0.1, 0.15) is 5.75 Å². The van der Waals surface area contributed by atoms with Crippen molar-refractivity contribution in [1.29, 1.82) is 0 Å². The Hall–Kier alpha value is -2.50. The number of rotatable bonds is 5. The lowest BCUT2D eigenvalue weighted by atomic mass is 10.2. The number of anilines is 1. The molecule has 1 fully saturated rings. The standard InChI is InChI=1S/C15H18N2O4/c1-3-9-17-10-8-13(14(17)18)21-12-6-4-11(5-7-12)16-15(19)20-2/h3-7,13H,1,8-10H2,2H3,(H,16,19)/t13-/m1/s1. The molecular weight excluding hydrogens is 272 g/mol. The van der Waals surface area contributed by atoms with Crippen molar-refractivity contribution in [3.63, 3.8) is 0 Å². The molecule has 1 saturated heterocycles. The van der Waals surface area contributed by atoms with Crippen LogP contribution in [0.15, 0.2) is 36.9 Å². The van der Waals surface area contributed by atoms with E-state index in [1.807, 2.05) is 0 Å². The first kappa shape index (κ1) is 14.9. The maximum Gasteiger partial charge on any atom is 0.411 e. The molecule has 0 unspecified atom stereocenters. The van der Waals surface area contributed by atoms with Gasteiger partial charge in [0, 0.05) is 25.2 Å². The van der Waals surface area contributed by atoms with E-state index < -0.39 is 12.2 Å². The predicted octanol–water partition coefficient (Wildman–Crippen LogP) is 2.03. The summed E-state index contributed by atoms with van der Waals surface area (Å²) in [6, 6.07) is 6.78. The third kappa shape index (κ3) is 3.75. The number of nitrogens with one attached hydrogen (secondary N) is 1. The van der Waals surface area contributed by atoms with Gasteiger partial charge in [-0.2, -0.15) is 0 Å². The molecule has 1 aromatic rings. The van der Waals surface area contributed by atoms with Crippen LogP contribution in [0, 0.1) is 0 Å². The summed E-state index contributed by atoms with van der Waals surface area (Å²) in [5.74, 6) is 0.566. The second-order valence-electron chi connectivity index (χ2n) is 4.61. The van der Waals surface area contributed by atoms with Crippen LogP contribution in [0.25, 0.3) is 0 Å². The van der Waals surface area contributed by atoms with Crippen LogP contribution in [0.5, 0.6) is 5.75 Å². The number of hydrogen-bond donors (Lipinski definition) is 1. The molecule has 0 spiro atoms. The maximum atomic E-state index is 12.0. The third-order valence-electron chi connectivity index (χ3n) is 3.16. The van der Waals surface area contributed by atoms with Crippen molar-refractivity contribution < 1.29 is 19.1 Å². The van der Waals surface area contributed by atoms with E-state index in [0.717, 1.165) is 0 Å². The number of ether oxygens (including phenoxy) is 2. The van der Waals surface area contributed by atoms with Crippen LogP contribution in [0.4, 0.5) is 10.5 Å². The van der Waals surface area contributed by atoms with Gasteiger partial charge in [-0.05, 0) is 24.3 Å². The minimum absolute atomic E-state index is 0.0216. The summed E-state index contributed by atoms with van der Waals surface area (Å²) >= 11 is 0. The number of amides is 2. The monoisotopic (exact) mass is 290 g/mol. The van der Waals surface area contributed by atoms with Crippen LogP contribution < -0.4 is 10.1 Å². The van der Waals surface area contributed by atoms with Gasteiger partial charge in [0.15, 0.2) is 6.10 Å². The Morgan fingerprint density at radius 2 is 2.19 bits per heavy atom. The molecule has 21 heavy (non-hydrogen) atoms. The van der Waals surface area contributed by atoms with Crippen molar-refractivity contribution in [2.75, 3.05) is 25.5 Å². The van der Waals surface area contributed by atoms with Crippen LogP contribution >= 0.6 is 0 Å². The summed E-state index contributed by atoms with van der Waals surface area (Å²) in [7, 11) is 1.30. The largest absolute Gasteiger partial charge is 0.481 e. The van der Waals surface area contributed by atoms with Gasteiger partial charge in [-0.1, -0.05) is 6.08 Å². The Morgan fingerprint density at radius 3 is 2.81 bits per heavy atom. The van der Waals surface area contributed by atoms with E-state index in [-0.39, 0.29) is 5.91 Å². The van der Waals surface area contributed by atoms with Crippen molar-refractivity contribution in [3.05, 3.63) is 36.9 Å². The van der Waals surface area contributed by atoms with Crippen molar-refractivity contribution in [2.45, 2.75) is 12.5 Å². The molecule has 2 rings (SSSR count). The van der Waals surface area contributed by atoms with Crippen LogP contribution in [-0.2, 0) is 9.53 Å². The smallest absolute Gasteiger partial charge is 0.411 e. The molecule has 6 heteroatoms. The van der Waals surface area contributed by atoms with Crippen molar-refractivity contribution in [2.24, 2.45) is 0 Å². The molecular formula is C15H18N2O4. The number of carbonyl (C=O) groups is 2. The van der Waals surface area contributed by atoms with Gasteiger partial charge in [-0.25, -0.2) is 4.79 Å². The van der Waals surface area contributed by atoms with Gasteiger partial charge >= 0.3 is 6.09 Å². The van der Waals surface area contributed by atoms with Gasteiger partial charge in [-0.15, -0.1) is 6.58 Å². The molecule has 0 aliphatic carbocycles. The van der Waals surface area contributed by atoms with E-state index in [9.17, 15) is 9.59 Å². The van der Waals surface area contributed by atoms with Crippen molar-refractivity contribution >= 4 is 17.7 Å². The summed E-state index contributed by atoms with van der Waals surface area (Å²) in [6.45, 7) is 4.85. The summed E-state index contributed by atoms with van der Waals surface area (Å²) in [5, 5.41) is 2.54. The second-order valence-corrected chi connectivity index (χ2v) is 4.61. The van der Waals surface area contributed by atoms with Gasteiger partial charge in [0.05, 0.1) is 7.11 Å². The van der Waals surface area contributed by atoms with E-state index in [1.165, 1.54) is 7.11 Å². The van der Waals surface area contributed by atoms with Crippen LogP contribution in [0.3, 0.4) is 0 Å². The summed E-state index contributed by atoms with van der Waals surface area (Å²) < 4.78 is 10.2. The summed E-state index contributed by atoms with van der Waals surface area (Å²) in [6.07, 6.45) is 1.38. The van der Waals surface area contributed by atoms with E-state index >= 15 is 0 Å². The first-order valence-electron chi connectivity index (χ1n) is 6.65. The molecule has 1 atom stereocenters. The molecule has 6 nitrogen and oxygen atoms in total. The molecule has 0 radical (unpaired) electrons. The first-order valence-corrected chi connectivity index (χ1v) is 6.65. The highest BCUT2D eigenvalue weighted by Gasteiger charge is 2.32. The van der Waals surface area contributed by atoms with E-state index in [0.29, 0.717) is 30.9 Å². The SMILES string of the molecule is C=CCN1CC[C@@H](Oc2ccc(NC(=O)OC)cc2)C1=O. The van der Waals surface area contributed by atoms with E-state index in [4.69, 9.17) is 4.74 Å². The molecule has 1 aliphatic heterocycles. The number of hydrogen-bond acceptors (Lipinski definition) is 4. The normalized spacial score (nSPS) is 17.5. The molecule has 1 aliphatic rings. The fourth-order valence-corrected chi connectivity index (χ4v) is 2.11. The van der Waals surface area contributed by atoms with Crippen LogP contribution in [0.1, 0.15) is 6.42 Å². The molecule has 0 bridgehead atoms. The maximum absolute atomic E-state index is 12.0. The lowest BCUT2D eigenvalue weighted by molar-refractivity contribution is -0.132. The highest BCUT2D eigenvalue weighted by atomic mass is 16.5. The highest BCUT2D eigenvalue weighted by Crippen LogP contribution is 2.21. The molecule has 1 aromatic carbocycles. The Morgan fingerprint density at radius 1 is 1.48 bits per heavy atom. The lowest BCUT2D eigenvalue weighted by Crippen LogP contribution is -2.32. The van der Waals surface area contributed by atoms with Gasteiger partial charge in [-0.3, -0.25) is 10.1 Å². The number of nitrogens with zero attached hydrogens (tertiary/aromatic N) is 1. The van der Waals surface area contributed by atoms with E-state index in [2.05, 4.69) is 16.6 Å². The highest BCUT2D eigenvalue weighted by molar-refractivity contribution is 5.85. The Bertz CT molecular complexity index is 527. The van der Waals surface area contributed by atoms with Crippen LogP contribution in [-0.4, -0.2) is 43.2 Å². The van der Waals surface area contributed by atoms with Crippen LogP contribution in [0.2, 0.25) is 0 Å². The summed E-state index contributed by atoms with van der Waals surface area (Å²) in [4.78, 5) is 24.8. The number of benzene rings is 1. The number of likely N-dealkylation sites (tertiary alicyclic amines) is 1. The fourth-order valence-electron chi connectivity index (χ4n) is 2.11. The zero-order valence-corrected chi connectivity index (χ0v) is 11.9. The zero-order chi connectivity index (χ0) is 15.2. The van der Waals surface area contributed by atoms with E-state index in [1.54, 1.807) is 35.2 Å². The van der Waals surface area contributed by atoms with Gasteiger partial charge in [0.2, 0.25) is 0 Å². The average molecular weight is 290 g/mol. The molecule has 112 valence electrons. The predicted molar refractivity (Wildman–Crippen MR) is 78.3 cm³/mol. The molecule has 0 aromatic heterocycles. The first-order chi connectivity index (χ1) is 10.1. The minimum atomic E-state index is -0.533. The third-order valence-corrected chi connectivity index (χ3v) is 3.16. The zero-order valence-electron chi connectivity index (χ0n) is 11.9. The van der Waals surface area contributed by atoms with Gasteiger partial charge < -0.3 is 14.4 Å². The van der Waals surface area contributed by atoms with Crippen molar-refractivity contribution in [3.8, 4) is 5.75 Å². The second kappa shape index (κ2) is 6.78. The van der Waals surface area contributed by atoms with Gasteiger partial charge in [0.25, 0.3) is 5.91 Å². The topological polar surface area (TPSA) is 67.9 Å². The molecule has 1 heterocycles. The average Bonchev–Trinajstić information content (AvgIpc) is 2.83. The Balaban J connectivity index is 1.93. The number of carbonyl (C=O) groups excluding carboxylic acids is 2. The summed E-state index contributed by atoms with van der Waals surface area (Å²) in [5.41, 5.74) is 0.597. The molecule has 2 amide bonds. The minimum Gasteiger partial charge on any atom is -0.481 e. The molecule has 0 saturated carbocycles. The number of methoxy groups -OCH3 is 1. The fraction of sp³-hybridized carbons (Fsp3) is 0.333. The Kier molecular flexibility index (Phi) is 4.81. The Labute approximate surface area is 123 Å². The molecule has 1 N–H and O–H groups in total.